The summed E-state index contributed by atoms with van der Waals surface area (Å²) in [6.07, 6.45) is 2.02. The Hall–Kier alpha value is -1.94. The first-order chi connectivity index (χ1) is 9.25. The lowest BCUT2D eigenvalue weighted by Crippen LogP contribution is -2.08. The molecule has 1 aliphatic heterocycles. The highest BCUT2D eigenvalue weighted by Gasteiger charge is 2.22. The minimum absolute atomic E-state index is 0.00892. The van der Waals surface area contributed by atoms with Gasteiger partial charge < -0.3 is 10.5 Å². The van der Waals surface area contributed by atoms with Gasteiger partial charge in [0.2, 0.25) is 0 Å². The standard InChI is InChI=1S/C15H17N3O/c1-10-13(11-6-3-2-4-7-11)17-15(18-14(10)16)12-8-5-9-19-12/h2-4,6-7,12H,5,8-9H2,1H3,(H2,16,17,18). The van der Waals surface area contributed by atoms with Gasteiger partial charge in [-0.2, -0.15) is 0 Å². The van der Waals surface area contributed by atoms with E-state index in [1.165, 1.54) is 0 Å². The van der Waals surface area contributed by atoms with Crippen LogP contribution in [-0.2, 0) is 4.74 Å². The van der Waals surface area contributed by atoms with Crippen molar-refractivity contribution in [3.63, 3.8) is 0 Å². The van der Waals surface area contributed by atoms with Crippen molar-refractivity contribution in [3.05, 3.63) is 41.7 Å². The van der Waals surface area contributed by atoms with Gasteiger partial charge in [-0.05, 0) is 19.8 Å². The number of nitrogens with two attached hydrogens (primary N) is 1. The topological polar surface area (TPSA) is 61.0 Å². The summed E-state index contributed by atoms with van der Waals surface area (Å²) in [5, 5.41) is 0. The zero-order chi connectivity index (χ0) is 13.2. The second-order valence-electron chi connectivity index (χ2n) is 4.81. The van der Waals surface area contributed by atoms with Crippen molar-refractivity contribution in [3.8, 4) is 11.3 Å². The molecule has 1 aliphatic rings. The number of nitrogens with zero attached hydrogens (tertiary/aromatic N) is 2. The van der Waals surface area contributed by atoms with Crippen molar-refractivity contribution in [2.75, 3.05) is 12.3 Å². The first-order valence-corrected chi connectivity index (χ1v) is 6.57. The fraction of sp³-hybridized carbons (Fsp3) is 0.333. The Bertz CT molecular complexity index is 577. The maximum absolute atomic E-state index is 6.02. The van der Waals surface area contributed by atoms with Gasteiger partial charge in [0.15, 0.2) is 5.82 Å². The normalized spacial score (nSPS) is 18.7. The lowest BCUT2D eigenvalue weighted by atomic mass is 10.1. The smallest absolute Gasteiger partial charge is 0.160 e. The van der Waals surface area contributed by atoms with E-state index in [0.29, 0.717) is 11.6 Å². The molecular formula is C15H17N3O. The Morgan fingerprint density at radius 3 is 2.68 bits per heavy atom. The molecule has 1 aromatic carbocycles. The Labute approximate surface area is 112 Å². The van der Waals surface area contributed by atoms with E-state index in [1.807, 2.05) is 37.3 Å². The van der Waals surface area contributed by atoms with Crippen molar-refractivity contribution in [2.24, 2.45) is 0 Å². The average molecular weight is 255 g/mol. The largest absolute Gasteiger partial charge is 0.383 e. The number of nitrogen functional groups attached to an aromatic ring is 1. The van der Waals surface area contributed by atoms with Gasteiger partial charge in [-0.1, -0.05) is 30.3 Å². The van der Waals surface area contributed by atoms with E-state index in [1.54, 1.807) is 0 Å². The lowest BCUT2D eigenvalue weighted by molar-refractivity contribution is 0.105. The summed E-state index contributed by atoms with van der Waals surface area (Å²) in [6.45, 7) is 2.74. The first-order valence-electron chi connectivity index (χ1n) is 6.57. The summed E-state index contributed by atoms with van der Waals surface area (Å²) in [6, 6.07) is 10.1. The van der Waals surface area contributed by atoms with Crippen LogP contribution in [0.15, 0.2) is 30.3 Å². The summed E-state index contributed by atoms with van der Waals surface area (Å²) in [7, 11) is 0. The van der Waals surface area contributed by atoms with Crippen LogP contribution < -0.4 is 5.73 Å². The van der Waals surface area contributed by atoms with Crippen molar-refractivity contribution >= 4 is 5.82 Å². The first kappa shape index (κ1) is 12.1. The molecule has 4 nitrogen and oxygen atoms in total. The van der Waals surface area contributed by atoms with Crippen LogP contribution in [0.4, 0.5) is 5.82 Å². The van der Waals surface area contributed by atoms with Gasteiger partial charge in [-0.3, -0.25) is 0 Å². The van der Waals surface area contributed by atoms with E-state index in [9.17, 15) is 0 Å². The number of aromatic nitrogens is 2. The fourth-order valence-corrected chi connectivity index (χ4v) is 2.35. The van der Waals surface area contributed by atoms with Crippen molar-refractivity contribution in [1.29, 1.82) is 0 Å². The number of ether oxygens (including phenoxy) is 1. The molecule has 0 saturated carbocycles. The highest BCUT2D eigenvalue weighted by molar-refractivity contribution is 5.67. The zero-order valence-electron chi connectivity index (χ0n) is 11.0. The summed E-state index contributed by atoms with van der Waals surface area (Å²) < 4.78 is 5.64. The van der Waals surface area contributed by atoms with Gasteiger partial charge in [-0.15, -0.1) is 0 Å². The zero-order valence-corrected chi connectivity index (χ0v) is 11.0. The fourth-order valence-electron chi connectivity index (χ4n) is 2.35. The third-order valence-electron chi connectivity index (χ3n) is 3.47. The van der Waals surface area contributed by atoms with E-state index >= 15 is 0 Å². The minimum Gasteiger partial charge on any atom is -0.383 e. The van der Waals surface area contributed by atoms with Gasteiger partial charge in [0.1, 0.15) is 11.9 Å². The van der Waals surface area contributed by atoms with Crippen molar-refractivity contribution in [1.82, 2.24) is 9.97 Å². The molecule has 0 spiro atoms. The molecule has 2 N–H and O–H groups in total. The van der Waals surface area contributed by atoms with Gasteiger partial charge in [-0.25, -0.2) is 9.97 Å². The van der Waals surface area contributed by atoms with Crippen LogP contribution >= 0.6 is 0 Å². The predicted octanol–water partition coefficient (Wildman–Crippen LogP) is 2.89. The molecule has 1 fully saturated rings. The van der Waals surface area contributed by atoms with Crippen molar-refractivity contribution < 1.29 is 4.74 Å². The number of benzene rings is 1. The molecular weight excluding hydrogens is 238 g/mol. The molecule has 0 aliphatic carbocycles. The van der Waals surface area contributed by atoms with Gasteiger partial charge in [0.25, 0.3) is 0 Å². The van der Waals surface area contributed by atoms with Crippen LogP contribution in [-0.4, -0.2) is 16.6 Å². The predicted molar refractivity (Wildman–Crippen MR) is 74.5 cm³/mol. The highest BCUT2D eigenvalue weighted by atomic mass is 16.5. The second kappa shape index (κ2) is 4.97. The maximum Gasteiger partial charge on any atom is 0.160 e. The second-order valence-corrected chi connectivity index (χ2v) is 4.81. The SMILES string of the molecule is Cc1c(N)nc(C2CCCO2)nc1-c1ccccc1. The third-order valence-corrected chi connectivity index (χ3v) is 3.47. The van der Waals surface area contributed by atoms with Gasteiger partial charge >= 0.3 is 0 Å². The number of hydrogen-bond acceptors (Lipinski definition) is 4. The quantitative estimate of drug-likeness (QED) is 0.896. The number of anilines is 1. The number of hydrogen-bond donors (Lipinski definition) is 1. The van der Waals surface area contributed by atoms with Crippen LogP contribution in [0, 0.1) is 6.92 Å². The van der Waals surface area contributed by atoms with E-state index < -0.39 is 0 Å². The molecule has 2 heterocycles. The molecule has 3 rings (SSSR count). The van der Waals surface area contributed by atoms with E-state index in [4.69, 9.17) is 10.5 Å². The molecule has 0 radical (unpaired) electrons. The van der Waals surface area contributed by atoms with Crippen LogP contribution in [0.5, 0.6) is 0 Å². The maximum atomic E-state index is 6.02. The Morgan fingerprint density at radius 1 is 1.21 bits per heavy atom. The molecule has 4 heteroatoms. The summed E-state index contributed by atoms with van der Waals surface area (Å²) in [5.74, 6) is 1.25. The molecule has 0 amide bonds. The van der Waals surface area contributed by atoms with Gasteiger partial charge in [0.05, 0.1) is 5.69 Å². The summed E-state index contributed by atoms with van der Waals surface area (Å²) >= 11 is 0. The van der Waals surface area contributed by atoms with Crippen LogP contribution in [0.1, 0.15) is 30.3 Å². The monoisotopic (exact) mass is 255 g/mol. The molecule has 1 atom stereocenters. The average Bonchev–Trinajstić information content (AvgIpc) is 2.97. The molecule has 2 aromatic rings. The molecule has 1 unspecified atom stereocenters. The molecule has 19 heavy (non-hydrogen) atoms. The molecule has 98 valence electrons. The Balaban J connectivity index is 2.08. The van der Waals surface area contributed by atoms with Crippen LogP contribution in [0.25, 0.3) is 11.3 Å². The minimum atomic E-state index is -0.00892. The van der Waals surface area contributed by atoms with Crippen molar-refractivity contribution in [2.45, 2.75) is 25.9 Å². The Kier molecular flexibility index (Phi) is 3.17. The van der Waals surface area contributed by atoms with E-state index in [0.717, 1.165) is 36.3 Å². The molecule has 0 bridgehead atoms. The summed E-state index contributed by atoms with van der Waals surface area (Å²) in [5.41, 5.74) is 8.91. The molecule has 1 aromatic heterocycles. The van der Waals surface area contributed by atoms with E-state index in [-0.39, 0.29) is 6.10 Å². The number of rotatable bonds is 2. The highest BCUT2D eigenvalue weighted by Crippen LogP contribution is 2.30. The van der Waals surface area contributed by atoms with Crippen LogP contribution in [0.3, 0.4) is 0 Å². The lowest BCUT2D eigenvalue weighted by Gasteiger charge is -2.13. The van der Waals surface area contributed by atoms with Crippen LogP contribution in [0.2, 0.25) is 0 Å². The van der Waals surface area contributed by atoms with E-state index in [2.05, 4.69) is 9.97 Å². The Morgan fingerprint density at radius 2 is 2.00 bits per heavy atom. The van der Waals surface area contributed by atoms with Gasteiger partial charge in [0, 0.05) is 17.7 Å². The molecule has 1 saturated heterocycles. The summed E-state index contributed by atoms with van der Waals surface area (Å²) in [4.78, 5) is 9.05. The third kappa shape index (κ3) is 2.31.